The number of benzene rings is 1. The van der Waals surface area contributed by atoms with Gasteiger partial charge in [-0.15, -0.1) is 17.9 Å². The van der Waals surface area contributed by atoms with Gasteiger partial charge in [0.1, 0.15) is 6.33 Å². The molecule has 0 saturated carbocycles. The number of aromatic nitrogens is 5. The summed E-state index contributed by atoms with van der Waals surface area (Å²) in [6.07, 6.45) is 3.28. The normalized spacial score (nSPS) is 11.4. The van der Waals surface area contributed by atoms with Crippen LogP contribution in [0.4, 0.5) is 5.82 Å². The van der Waals surface area contributed by atoms with Crippen molar-refractivity contribution in [3.63, 3.8) is 0 Å². The first-order valence-corrected chi connectivity index (χ1v) is 10.2. The van der Waals surface area contributed by atoms with Crippen LogP contribution in [0.5, 0.6) is 0 Å². The third-order valence-corrected chi connectivity index (χ3v) is 6.44. The van der Waals surface area contributed by atoms with E-state index in [9.17, 15) is 0 Å². The van der Waals surface area contributed by atoms with Gasteiger partial charge in [-0.2, -0.15) is 0 Å². The molecule has 0 saturated heterocycles. The molecule has 3 N–H and O–H groups in total. The van der Waals surface area contributed by atoms with E-state index in [4.69, 9.17) is 17.3 Å². The second-order valence-electron chi connectivity index (χ2n) is 5.64. The lowest BCUT2D eigenvalue weighted by molar-refractivity contribution is 0.596. The lowest BCUT2D eigenvalue weighted by Gasteiger charge is -2.07. The van der Waals surface area contributed by atoms with Gasteiger partial charge in [0.15, 0.2) is 26.5 Å². The zero-order valence-corrected chi connectivity index (χ0v) is 16.6. The molecule has 0 radical (unpaired) electrons. The van der Waals surface area contributed by atoms with E-state index in [1.165, 1.54) is 18.1 Å². The van der Waals surface area contributed by atoms with Gasteiger partial charge in [-0.25, -0.2) is 19.9 Å². The van der Waals surface area contributed by atoms with Gasteiger partial charge in [0.2, 0.25) is 0 Å². The Morgan fingerprint density at radius 1 is 1.33 bits per heavy atom. The maximum Gasteiger partial charge on any atom is 0.177 e. The Morgan fingerprint density at radius 3 is 3.04 bits per heavy atom. The molecule has 4 rings (SSSR count). The number of rotatable bonds is 7. The number of nitrogen functional groups attached to an aromatic ring is 1. The Labute approximate surface area is 168 Å². The molecule has 27 heavy (non-hydrogen) atoms. The van der Waals surface area contributed by atoms with Crippen LogP contribution in [0.15, 0.2) is 46.7 Å². The number of nitrogens with one attached hydrogen (secondary N) is 1. The summed E-state index contributed by atoms with van der Waals surface area (Å²) < 4.78 is 3.86. The van der Waals surface area contributed by atoms with Gasteiger partial charge in [0.05, 0.1) is 15.2 Å². The predicted molar refractivity (Wildman–Crippen MR) is 112 cm³/mol. The zero-order valence-electron chi connectivity index (χ0n) is 14.2. The lowest BCUT2D eigenvalue weighted by Crippen LogP contribution is -2.20. The largest absolute Gasteiger partial charge is 0.382 e. The number of hydrogen-bond acceptors (Lipinski definition) is 8. The summed E-state index contributed by atoms with van der Waals surface area (Å²) in [4.78, 5) is 17.7. The highest BCUT2D eigenvalue weighted by Gasteiger charge is 2.17. The van der Waals surface area contributed by atoms with Gasteiger partial charge in [-0.05, 0) is 23.9 Å². The molecule has 0 aliphatic carbocycles. The molecule has 0 bridgehead atoms. The van der Waals surface area contributed by atoms with Gasteiger partial charge in [-0.3, -0.25) is 0 Å². The molecule has 10 heteroatoms. The van der Waals surface area contributed by atoms with Crippen LogP contribution in [0.3, 0.4) is 0 Å². The first-order chi connectivity index (χ1) is 13.2. The number of fused-ring (bicyclic) bond motifs is 2. The molecule has 0 fully saturated rings. The molecule has 0 amide bonds. The lowest BCUT2D eigenvalue weighted by atomic mass is 10.3. The standard InChI is InChI=1S/C17H16ClN7S2/c1-2-6-20-7-8-25-15-12(14(19)21-9-22-15)24-16(25)27-17-23-11-5-3-4-10(18)13(11)26-17/h2-5,9,20H,1,6-8H2,(H2,19,21,22). The summed E-state index contributed by atoms with van der Waals surface area (Å²) in [5.74, 6) is 0.368. The average molecular weight is 418 g/mol. The third kappa shape index (κ3) is 3.63. The summed E-state index contributed by atoms with van der Waals surface area (Å²) in [6.45, 7) is 5.90. The molecule has 0 aliphatic heterocycles. The van der Waals surface area contributed by atoms with Crippen LogP contribution in [0, 0.1) is 0 Å². The maximum absolute atomic E-state index is 6.28. The Kier molecular flexibility index (Phi) is 5.26. The summed E-state index contributed by atoms with van der Waals surface area (Å²) in [6, 6.07) is 5.72. The van der Waals surface area contributed by atoms with Crippen molar-refractivity contribution in [2.75, 3.05) is 18.8 Å². The van der Waals surface area contributed by atoms with Crippen molar-refractivity contribution in [2.45, 2.75) is 16.0 Å². The molecule has 3 heterocycles. The Balaban J connectivity index is 1.71. The molecule has 3 aromatic heterocycles. The molecular formula is C17H16ClN7S2. The number of halogens is 1. The number of thiazole rings is 1. The van der Waals surface area contributed by atoms with Gasteiger partial charge in [0.25, 0.3) is 0 Å². The van der Waals surface area contributed by atoms with Crippen LogP contribution in [0.2, 0.25) is 5.02 Å². The van der Waals surface area contributed by atoms with Crippen LogP contribution in [0.25, 0.3) is 21.4 Å². The SMILES string of the molecule is C=CCNCCn1c(Sc2nc3cccc(Cl)c3s2)nc2c(N)ncnc21. The molecule has 0 unspecified atom stereocenters. The highest BCUT2D eigenvalue weighted by Crippen LogP contribution is 2.38. The molecule has 1 aromatic carbocycles. The quantitative estimate of drug-likeness (QED) is 0.350. The third-order valence-electron chi connectivity index (χ3n) is 3.85. The van der Waals surface area contributed by atoms with E-state index in [1.54, 1.807) is 11.3 Å². The first-order valence-electron chi connectivity index (χ1n) is 8.18. The van der Waals surface area contributed by atoms with Crippen molar-refractivity contribution < 1.29 is 0 Å². The van der Waals surface area contributed by atoms with Gasteiger partial charge >= 0.3 is 0 Å². The Morgan fingerprint density at radius 2 is 2.22 bits per heavy atom. The highest BCUT2D eigenvalue weighted by molar-refractivity contribution is 8.01. The fourth-order valence-corrected chi connectivity index (χ4v) is 4.98. The summed E-state index contributed by atoms with van der Waals surface area (Å²) >= 11 is 9.30. The molecule has 7 nitrogen and oxygen atoms in total. The first kappa shape index (κ1) is 18.2. The van der Waals surface area contributed by atoms with E-state index < -0.39 is 0 Å². The number of nitrogens with zero attached hydrogens (tertiary/aromatic N) is 5. The Hall–Kier alpha value is -2.20. The van der Waals surface area contributed by atoms with Gasteiger partial charge in [-0.1, -0.05) is 23.7 Å². The molecular weight excluding hydrogens is 402 g/mol. The molecule has 4 aromatic rings. The highest BCUT2D eigenvalue weighted by atomic mass is 35.5. The Bertz CT molecular complexity index is 1120. The molecule has 0 spiro atoms. The van der Waals surface area contributed by atoms with Crippen molar-refractivity contribution in [1.29, 1.82) is 0 Å². The second-order valence-corrected chi connectivity index (χ2v) is 8.26. The van der Waals surface area contributed by atoms with E-state index >= 15 is 0 Å². The van der Waals surface area contributed by atoms with Crippen LogP contribution in [0.1, 0.15) is 0 Å². The number of imidazole rings is 1. The van der Waals surface area contributed by atoms with E-state index in [2.05, 4.69) is 31.8 Å². The van der Waals surface area contributed by atoms with Crippen molar-refractivity contribution in [2.24, 2.45) is 0 Å². The second kappa shape index (κ2) is 7.81. The van der Waals surface area contributed by atoms with Gasteiger partial charge in [0, 0.05) is 19.6 Å². The maximum atomic E-state index is 6.28. The molecule has 0 atom stereocenters. The summed E-state index contributed by atoms with van der Waals surface area (Å²) in [5, 5.41) is 4.77. The van der Waals surface area contributed by atoms with Crippen molar-refractivity contribution in [1.82, 2.24) is 29.8 Å². The topological polar surface area (TPSA) is 94.5 Å². The van der Waals surface area contributed by atoms with Gasteiger partial charge < -0.3 is 15.6 Å². The number of hydrogen-bond donors (Lipinski definition) is 2. The van der Waals surface area contributed by atoms with E-state index in [0.717, 1.165) is 32.8 Å². The van der Waals surface area contributed by atoms with E-state index in [1.807, 2.05) is 28.8 Å². The molecule has 138 valence electrons. The number of anilines is 1. The zero-order chi connectivity index (χ0) is 18.8. The fraction of sp³-hybridized carbons (Fsp3) is 0.176. The summed E-state index contributed by atoms with van der Waals surface area (Å²) in [7, 11) is 0. The van der Waals surface area contributed by atoms with Crippen LogP contribution >= 0.6 is 34.7 Å². The number of nitrogens with two attached hydrogens (primary N) is 1. The van der Waals surface area contributed by atoms with E-state index in [-0.39, 0.29) is 0 Å². The van der Waals surface area contributed by atoms with Crippen molar-refractivity contribution in [3.05, 3.63) is 42.2 Å². The van der Waals surface area contributed by atoms with Crippen molar-refractivity contribution >= 4 is 61.9 Å². The fourth-order valence-electron chi connectivity index (χ4n) is 2.63. The molecule has 0 aliphatic rings. The predicted octanol–water partition coefficient (Wildman–Crippen LogP) is 3.60. The van der Waals surface area contributed by atoms with Crippen molar-refractivity contribution in [3.8, 4) is 0 Å². The summed E-state index contributed by atoms with van der Waals surface area (Å²) in [5.41, 5.74) is 8.19. The van der Waals surface area contributed by atoms with Crippen LogP contribution in [-0.4, -0.2) is 37.6 Å². The average Bonchev–Trinajstić information content (AvgIpc) is 3.22. The minimum atomic E-state index is 0.368. The van der Waals surface area contributed by atoms with Crippen LogP contribution < -0.4 is 11.1 Å². The van der Waals surface area contributed by atoms with E-state index in [0.29, 0.717) is 28.5 Å². The van der Waals surface area contributed by atoms with Crippen LogP contribution in [-0.2, 0) is 6.54 Å². The minimum absolute atomic E-state index is 0.368. The minimum Gasteiger partial charge on any atom is -0.382 e. The monoisotopic (exact) mass is 417 g/mol. The smallest absolute Gasteiger partial charge is 0.177 e.